The van der Waals surface area contributed by atoms with E-state index in [2.05, 4.69) is 81.4 Å². The Morgan fingerprint density at radius 1 is 0.679 bits per heavy atom. The summed E-state index contributed by atoms with van der Waals surface area (Å²) in [5.41, 5.74) is 15.0. The van der Waals surface area contributed by atoms with E-state index in [4.69, 9.17) is 0 Å². The maximum atomic E-state index is 2.39. The smallest absolute Gasteiger partial charge is 0.000101 e. The lowest BCUT2D eigenvalue weighted by Gasteiger charge is -2.16. The summed E-state index contributed by atoms with van der Waals surface area (Å²) in [4.78, 5) is 0. The Hall–Kier alpha value is -2.86. The first-order chi connectivity index (χ1) is 13.6. The predicted octanol–water partition coefficient (Wildman–Crippen LogP) is 7.41. The molecule has 0 amide bonds. The zero-order valence-electron chi connectivity index (χ0n) is 16.8. The van der Waals surface area contributed by atoms with E-state index in [1.54, 1.807) is 16.7 Å². The van der Waals surface area contributed by atoms with Crippen LogP contribution in [-0.2, 0) is 12.8 Å². The first-order valence-electron chi connectivity index (χ1n) is 10.4. The Kier molecular flexibility index (Phi) is 3.21. The minimum absolute atomic E-state index is 0.568. The average molecular weight is 361 g/mol. The van der Waals surface area contributed by atoms with Crippen LogP contribution in [0.4, 0.5) is 0 Å². The quantitative estimate of drug-likeness (QED) is 0.286. The molecule has 136 valence electrons. The van der Waals surface area contributed by atoms with Crippen LogP contribution in [0.2, 0.25) is 0 Å². The maximum Gasteiger partial charge on any atom is -0.000101 e. The van der Waals surface area contributed by atoms with Crippen molar-refractivity contribution in [2.45, 2.75) is 39.5 Å². The second-order valence-corrected chi connectivity index (χ2v) is 8.77. The highest BCUT2D eigenvalue weighted by atomic mass is 14.3. The maximum absolute atomic E-state index is 2.39. The highest BCUT2D eigenvalue weighted by molar-refractivity contribution is 5.98. The number of fused-ring (bicyclic) bond motifs is 9. The molecule has 0 saturated carbocycles. The molecule has 4 aromatic carbocycles. The number of hydrogen-bond donors (Lipinski definition) is 0. The lowest BCUT2D eigenvalue weighted by molar-refractivity contribution is 0.842. The van der Waals surface area contributed by atoms with Gasteiger partial charge in [-0.1, -0.05) is 74.5 Å². The average Bonchev–Trinajstić information content (AvgIpc) is 3.25. The number of hydrogen-bond acceptors (Lipinski definition) is 0. The van der Waals surface area contributed by atoms with Crippen LogP contribution in [0.3, 0.4) is 0 Å². The van der Waals surface area contributed by atoms with Gasteiger partial charge in [-0.3, -0.25) is 0 Å². The number of aryl methyl sites for hydroxylation is 1. The fourth-order valence-corrected chi connectivity index (χ4v) is 5.77. The van der Waals surface area contributed by atoms with E-state index < -0.39 is 0 Å². The second kappa shape index (κ2) is 5.58. The van der Waals surface area contributed by atoms with Crippen molar-refractivity contribution in [3.8, 4) is 22.3 Å². The molecule has 0 N–H and O–H groups in total. The van der Waals surface area contributed by atoms with E-state index in [1.165, 1.54) is 49.7 Å². The number of rotatable bonds is 1. The largest absolute Gasteiger partial charge is 0.0616 e. The molecule has 0 bridgehead atoms. The third-order valence-electron chi connectivity index (χ3n) is 6.87. The summed E-state index contributed by atoms with van der Waals surface area (Å²) in [6.45, 7) is 6.93. The molecule has 0 atom stereocenters. The van der Waals surface area contributed by atoms with Gasteiger partial charge in [0.25, 0.3) is 0 Å². The van der Waals surface area contributed by atoms with Crippen molar-refractivity contribution in [2.75, 3.05) is 0 Å². The van der Waals surface area contributed by atoms with Gasteiger partial charge in [-0.05, 0) is 92.1 Å². The molecule has 2 aliphatic rings. The predicted molar refractivity (Wildman–Crippen MR) is 119 cm³/mol. The van der Waals surface area contributed by atoms with Crippen LogP contribution in [0.5, 0.6) is 0 Å². The van der Waals surface area contributed by atoms with Gasteiger partial charge in [-0.2, -0.15) is 0 Å². The van der Waals surface area contributed by atoms with Gasteiger partial charge in [0, 0.05) is 0 Å². The summed E-state index contributed by atoms with van der Waals surface area (Å²) in [5.74, 6) is 0.568. The summed E-state index contributed by atoms with van der Waals surface area (Å²) in [6.07, 6.45) is 2.14. The summed E-state index contributed by atoms with van der Waals surface area (Å²) in [7, 11) is 0. The normalized spacial score (nSPS) is 13.6. The van der Waals surface area contributed by atoms with Gasteiger partial charge < -0.3 is 0 Å². The molecular weight excluding hydrogens is 336 g/mol. The minimum Gasteiger partial charge on any atom is -0.0616 e. The highest BCUT2D eigenvalue weighted by Crippen LogP contribution is 2.50. The Morgan fingerprint density at radius 3 is 2.29 bits per heavy atom. The van der Waals surface area contributed by atoms with Crippen molar-refractivity contribution in [3.63, 3.8) is 0 Å². The summed E-state index contributed by atoms with van der Waals surface area (Å²) < 4.78 is 0. The van der Waals surface area contributed by atoms with Crippen molar-refractivity contribution in [2.24, 2.45) is 0 Å². The molecule has 2 aliphatic carbocycles. The highest BCUT2D eigenvalue weighted by Gasteiger charge is 2.30. The Bertz CT molecular complexity index is 1290. The summed E-state index contributed by atoms with van der Waals surface area (Å²) in [5, 5.41) is 2.76. The zero-order valence-corrected chi connectivity index (χ0v) is 16.8. The van der Waals surface area contributed by atoms with Gasteiger partial charge in [0.1, 0.15) is 0 Å². The molecule has 0 heteroatoms. The lowest BCUT2D eigenvalue weighted by atomic mass is 9.89. The summed E-state index contributed by atoms with van der Waals surface area (Å²) >= 11 is 0. The van der Waals surface area contributed by atoms with E-state index >= 15 is 0 Å². The Balaban J connectivity index is 1.61. The van der Waals surface area contributed by atoms with Gasteiger partial charge in [0.15, 0.2) is 0 Å². The van der Waals surface area contributed by atoms with E-state index in [0.29, 0.717) is 5.92 Å². The first-order valence-corrected chi connectivity index (χ1v) is 10.4. The monoisotopic (exact) mass is 360 g/mol. The van der Waals surface area contributed by atoms with Crippen LogP contribution in [0.25, 0.3) is 33.0 Å². The van der Waals surface area contributed by atoms with Crippen molar-refractivity contribution in [1.82, 2.24) is 0 Å². The fraction of sp³-hybridized carbons (Fsp3) is 0.214. The van der Waals surface area contributed by atoms with Crippen molar-refractivity contribution >= 4 is 10.8 Å². The fourth-order valence-electron chi connectivity index (χ4n) is 5.77. The van der Waals surface area contributed by atoms with Crippen LogP contribution >= 0.6 is 0 Å². The van der Waals surface area contributed by atoms with Gasteiger partial charge >= 0.3 is 0 Å². The first kappa shape index (κ1) is 16.1. The standard InChI is InChI=1S/C28H24/c1-16(2)27-17(3)8-11-23-25(27)14-19-10-13-22-21-12-9-18-6-4-5-7-20(18)24(21)15-26(22)28(19)23/h4-13,16H,14-15H2,1-3H3. The molecule has 0 aliphatic heterocycles. The molecule has 0 unspecified atom stereocenters. The van der Waals surface area contributed by atoms with E-state index in [-0.39, 0.29) is 0 Å². The minimum atomic E-state index is 0.568. The van der Waals surface area contributed by atoms with Crippen molar-refractivity contribution < 1.29 is 0 Å². The van der Waals surface area contributed by atoms with E-state index in [9.17, 15) is 0 Å². The molecule has 6 rings (SSSR count). The topological polar surface area (TPSA) is 0 Å². The Morgan fingerprint density at radius 2 is 1.43 bits per heavy atom. The molecule has 0 radical (unpaired) electrons. The van der Waals surface area contributed by atoms with Gasteiger partial charge in [0.05, 0.1) is 0 Å². The third-order valence-corrected chi connectivity index (χ3v) is 6.87. The molecular formula is C28H24. The number of benzene rings is 4. The van der Waals surface area contributed by atoms with Crippen LogP contribution in [0.1, 0.15) is 53.1 Å². The summed E-state index contributed by atoms with van der Waals surface area (Å²) in [6, 6.07) is 22.9. The van der Waals surface area contributed by atoms with Crippen molar-refractivity contribution in [1.29, 1.82) is 0 Å². The van der Waals surface area contributed by atoms with E-state index in [1.807, 2.05) is 0 Å². The van der Waals surface area contributed by atoms with Crippen LogP contribution in [0.15, 0.2) is 60.7 Å². The lowest BCUT2D eigenvalue weighted by Crippen LogP contribution is -1.98. The third kappa shape index (κ3) is 2.01. The molecule has 0 saturated heterocycles. The SMILES string of the molecule is Cc1ccc2c(c1C(C)C)Cc1ccc3c(c1-2)Cc1c-3ccc2ccccc12. The van der Waals surface area contributed by atoms with Crippen LogP contribution in [-0.4, -0.2) is 0 Å². The molecule has 0 spiro atoms. The van der Waals surface area contributed by atoms with Gasteiger partial charge in [0.2, 0.25) is 0 Å². The zero-order chi connectivity index (χ0) is 19.0. The second-order valence-electron chi connectivity index (χ2n) is 8.77. The van der Waals surface area contributed by atoms with Crippen LogP contribution in [0, 0.1) is 6.92 Å². The molecule has 28 heavy (non-hydrogen) atoms. The molecule has 0 aromatic heterocycles. The molecule has 0 heterocycles. The molecule has 0 nitrogen and oxygen atoms in total. The van der Waals surface area contributed by atoms with Gasteiger partial charge in [-0.15, -0.1) is 0 Å². The Labute approximate surface area is 166 Å². The van der Waals surface area contributed by atoms with E-state index in [0.717, 1.165) is 12.8 Å². The van der Waals surface area contributed by atoms with Crippen LogP contribution < -0.4 is 0 Å². The molecule has 4 aromatic rings. The van der Waals surface area contributed by atoms with Gasteiger partial charge in [-0.25, -0.2) is 0 Å². The van der Waals surface area contributed by atoms with Crippen molar-refractivity contribution in [3.05, 3.63) is 94.0 Å². The molecule has 0 fully saturated rings.